The second kappa shape index (κ2) is 6.99. The Labute approximate surface area is 153 Å². The molecule has 1 amide bonds. The second-order valence-electron chi connectivity index (χ2n) is 7.09. The molecule has 0 radical (unpaired) electrons. The number of hydrogen-bond acceptors (Lipinski definition) is 6. The van der Waals surface area contributed by atoms with Crippen LogP contribution in [0, 0.1) is 0 Å². The van der Waals surface area contributed by atoms with E-state index in [2.05, 4.69) is 10.3 Å². The van der Waals surface area contributed by atoms with Crippen molar-refractivity contribution in [2.45, 2.75) is 31.8 Å². The highest BCUT2D eigenvalue weighted by Gasteiger charge is 2.31. The molecule has 2 aliphatic heterocycles. The summed E-state index contributed by atoms with van der Waals surface area (Å²) in [5.74, 6) is 1.82. The van der Waals surface area contributed by atoms with Crippen molar-refractivity contribution in [1.29, 1.82) is 0 Å². The maximum Gasteiger partial charge on any atom is 0.240 e. The van der Waals surface area contributed by atoms with E-state index in [0.29, 0.717) is 12.4 Å². The molecule has 7 heteroatoms. The fraction of sp³-hybridized carbons (Fsp3) is 0.474. The van der Waals surface area contributed by atoms with Gasteiger partial charge in [0.2, 0.25) is 5.91 Å². The van der Waals surface area contributed by atoms with E-state index in [0.717, 1.165) is 55.0 Å². The largest absolute Gasteiger partial charge is 0.362 e. The zero-order valence-electron chi connectivity index (χ0n) is 15.3. The van der Waals surface area contributed by atoms with E-state index in [9.17, 15) is 4.79 Å². The summed E-state index contributed by atoms with van der Waals surface area (Å²) in [5.41, 5.74) is 3.04. The minimum atomic E-state index is -0.0358. The highest BCUT2D eigenvalue weighted by atomic mass is 16.2. The van der Waals surface area contributed by atoms with Crippen molar-refractivity contribution in [3.8, 4) is 11.4 Å². The summed E-state index contributed by atoms with van der Waals surface area (Å²) >= 11 is 0. The quantitative estimate of drug-likeness (QED) is 0.896. The molecule has 1 saturated heterocycles. The second-order valence-corrected chi connectivity index (χ2v) is 7.09. The highest BCUT2D eigenvalue weighted by molar-refractivity contribution is 5.82. The molecule has 4 rings (SSSR count). The third-order valence-electron chi connectivity index (χ3n) is 5.08. The predicted molar refractivity (Wildman–Crippen MR) is 99.7 cm³/mol. The van der Waals surface area contributed by atoms with Crippen molar-refractivity contribution in [2.75, 3.05) is 32.1 Å². The molecule has 1 N–H and O–H groups in total. The lowest BCUT2D eigenvalue weighted by Crippen LogP contribution is -2.46. The van der Waals surface area contributed by atoms with Gasteiger partial charge in [0.15, 0.2) is 5.82 Å². The molecule has 136 valence electrons. The van der Waals surface area contributed by atoms with Gasteiger partial charge in [0.1, 0.15) is 5.82 Å². The summed E-state index contributed by atoms with van der Waals surface area (Å²) in [6.45, 7) is 2.20. The average Bonchev–Trinajstić information content (AvgIpc) is 3.21. The molecule has 0 bridgehead atoms. The molecule has 0 aliphatic carbocycles. The molecular weight excluding hydrogens is 328 g/mol. The number of rotatable bonds is 3. The van der Waals surface area contributed by atoms with Gasteiger partial charge in [-0.1, -0.05) is 0 Å². The van der Waals surface area contributed by atoms with E-state index >= 15 is 0 Å². The molecule has 0 spiro atoms. The van der Waals surface area contributed by atoms with Gasteiger partial charge in [0.25, 0.3) is 0 Å². The lowest BCUT2D eigenvalue weighted by molar-refractivity contribution is -0.134. The van der Waals surface area contributed by atoms with Crippen LogP contribution in [0.15, 0.2) is 24.5 Å². The number of amides is 1. The van der Waals surface area contributed by atoms with Gasteiger partial charge in [-0.2, -0.15) is 0 Å². The molecular formula is C19H24N6O. The van der Waals surface area contributed by atoms with Crippen LogP contribution in [0.25, 0.3) is 11.4 Å². The molecule has 0 saturated carbocycles. The Morgan fingerprint density at radius 2 is 2.08 bits per heavy atom. The van der Waals surface area contributed by atoms with Crippen LogP contribution < -0.4 is 10.2 Å². The first-order valence-corrected chi connectivity index (χ1v) is 9.13. The van der Waals surface area contributed by atoms with Crippen molar-refractivity contribution in [1.82, 2.24) is 25.2 Å². The smallest absolute Gasteiger partial charge is 0.240 e. The van der Waals surface area contributed by atoms with Crippen LogP contribution in [0.2, 0.25) is 0 Å². The zero-order valence-corrected chi connectivity index (χ0v) is 15.3. The number of anilines is 1. The predicted octanol–water partition coefficient (Wildman–Crippen LogP) is 1.24. The Hall–Kier alpha value is -2.54. The number of fused-ring (bicyclic) bond motifs is 1. The fourth-order valence-electron chi connectivity index (χ4n) is 3.71. The van der Waals surface area contributed by atoms with Gasteiger partial charge < -0.3 is 15.1 Å². The van der Waals surface area contributed by atoms with E-state index < -0.39 is 0 Å². The summed E-state index contributed by atoms with van der Waals surface area (Å²) in [6.07, 6.45) is 6.28. The SMILES string of the molecule is CN(C)c1nc(-c2ccncc2)nc2c1CCN(C(=O)[C@@H]1CCCN1)C2. The summed E-state index contributed by atoms with van der Waals surface area (Å²) in [5, 5.41) is 3.31. The third kappa shape index (κ3) is 3.14. The number of aromatic nitrogens is 3. The molecule has 2 aromatic rings. The van der Waals surface area contributed by atoms with Crippen LogP contribution in [0.5, 0.6) is 0 Å². The molecule has 26 heavy (non-hydrogen) atoms. The molecule has 2 aromatic heterocycles. The lowest BCUT2D eigenvalue weighted by Gasteiger charge is -2.32. The van der Waals surface area contributed by atoms with Crippen molar-refractivity contribution in [3.63, 3.8) is 0 Å². The lowest BCUT2D eigenvalue weighted by atomic mass is 10.0. The highest BCUT2D eigenvalue weighted by Crippen LogP contribution is 2.29. The number of nitrogens with one attached hydrogen (secondary N) is 1. The maximum absolute atomic E-state index is 12.8. The standard InChI is InChI=1S/C19H24N6O/c1-24(2)18-14-7-11-25(19(26)15-4-3-8-21-15)12-16(14)22-17(23-18)13-5-9-20-10-6-13/h5-6,9-10,15,21H,3-4,7-8,11-12H2,1-2H3/t15-/m0/s1. The number of hydrogen-bond donors (Lipinski definition) is 1. The molecule has 2 aliphatic rings. The Balaban J connectivity index is 1.68. The van der Waals surface area contributed by atoms with Gasteiger partial charge in [0, 0.05) is 44.2 Å². The van der Waals surface area contributed by atoms with E-state index in [4.69, 9.17) is 9.97 Å². The summed E-state index contributed by atoms with van der Waals surface area (Å²) in [6, 6.07) is 3.79. The first-order valence-electron chi connectivity index (χ1n) is 9.13. The molecule has 1 fully saturated rings. The minimum Gasteiger partial charge on any atom is -0.362 e. The number of pyridine rings is 1. The average molecular weight is 352 g/mol. The Kier molecular flexibility index (Phi) is 4.55. The summed E-state index contributed by atoms with van der Waals surface area (Å²) in [7, 11) is 4.00. The number of carbonyl (C=O) groups excluding carboxylic acids is 1. The van der Waals surface area contributed by atoms with Gasteiger partial charge in [-0.3, -0.25) is 9.78 Å². The molecule has 7 nitrogen and oxygen atoms in total. The molecule has 0 unspecified atom stereocenters. The van der Waals surface area contributed by atoms with Gasteiger partial charge in [0.05, 0.1) is 18.3 Å². The van der Waals surface area contributed by atoms with Crippen LogP contribution >= 0.6 is 0 Å². The molecule has 0 aromatic carbocycles. The van der Waals surface area contributed by atoms with Crippen LogP contribution in [0.3, 0.4) is 0 Å². The number of carbonyl (C=O) groups is 1. The Morgan fingerprint density at radius 3 is 2.77 bits per heavy atom. The molecule has 4 heterocycles. The van der Waals surface area contributed by atoms with Gasteiger partial charge in [-0.15, -0.1) is 0 Å². The summed E-state index contributed by atoms with van der Waals surface area (Å²) < 4.78 is 0. The van der Waals surface area contributed by atoms with E-state index in [1.165, 1.54) is 0 Å². The first kappa shape index (κ1) is 16.9. The van der Waals surface area contributed by atoms with Crippen molar-refractivity contribution < 1.29 is 4.79 Å². The number of nitrogens with zero attached hydrogens (tertiary/aromatic N) is 5. The van der Waals surface area contributed by atoms with Gasteiger partial charge >= 0.3 is 0 Å². The van der Waals surface area contributed by atoms with Crippen LogP contribution in [-0.2, 0) is 17.8 Å². The normalized spacial score (nSPS) is 19.3. The van der Waals surface area contributed by atoms with Gasteiger partial charge in [-0.25, -0.2) is 9.97 Å². The van der Waals surface area contributed by atoms with Crippen molar-refractivity contribution >= 4 is 11.7 Å². The monoisotopic (exact) mass is 352 g/mol. The van der Waals surface area contributed by atoms with Crippen molar-refractivity contribution in [3.05, 3.63) is 35.8 Å². The molecule has 1 atom stereocenters. The van der Waals surface area contributed by atoms with E-state index in [-0.39, 0.29) is 11.9 Å². The Morgan fingerprint density at radius 1 is 1.27 bits per heavy atom. The fourth-order valence-corrected chi connectivity index (χ4v) is 3.71. The third-order valence-corrected chi connectivity index (χ3v) is 5.08. The minimum absolute atomic E-state index is 0.0358. The Bertz CT molecular complexity index is 801. The van der Waals surface area contributed by atoms with E-state index in [1.807, 2.05) is 36.0 Å². The van der Waals surface area contributed by atoms with Crippen molar-refractivity contribution in [2.24, 2.45) is 0 Å². The van der Waals surface area contributed by atoms with Gasteiger partial charge in [-0.05, 0) is 37.9 Å². The van der Waals surface area contributed by atoms with Crippen LogP contribution in [0.4, 0.5) is 5.82 Å². The summed E-state index contributed by atoms with van der Waals surface area (Å²) in [4.78, 5) is 30.4. The zero-order chi connectivity index (χ0) is 18.1. The van der Waals surface area contributed by atoms with E-state index in [1.54, 1.807) is 12.4 Å². The topological polar surface area (TPSA) is 74.2 Å². The first-order chi connectivity index (χ1) is 12.6. The van der Waals surface area contributed by atoms with Crippen LogP contribution in [0.1, 0.15) is 24.1 Å². The maximum atomic E-state index is 12.8. The van der Waals surface area contributed by atoms with Crippen LogP contribution in [-0.4, -0.2) is 59.0 Å².